The van der Waals surface area contributed by atoms with Crippen molar-refractivity contribution in [2.75, 3.05) is 13.7 Å². The van der Waals surface area contributed by atoms with E-state index in [0.717, 1.165) is 13.0 Å². The van der Waals surface area contributed by atoms with Crippen LogP contribution in [0, 0.1) is 11.3 Å². The van der Waals surface area contributed by atoms with Crippen LogP contribution in [0.15, 0.2) is 11.8 Å². The maximum absolute atomic E-state index is 11.1. The van der Waals surface area contributed by atoms with Gasteiger partial charge in [-0.15, -0.1) is 0 Å². The molecule has 0 heterocycles. The number of nitrogens with zero attached hydrogens (tertiary/aromatic N) is 1. The van der Waals surface area contributed by atoms with Crippen molar-refractivity contribution in [1.82, 2.24) is 5.32 Å². The minimum Gasteiger partial charge on any atom is -0.465 e. The van der Waals surface area contributed by atoms with Crippen molar-refractivity contribution in [3.05, 3.63) is 11.8 Å². The van der Waals surface area contributed by atoms with Crippen LogP contribution >= 0.6 is 0 Å². The van der Waals surface area contributed by atoms with Gasteiger partial charge in [-0.25, -0.2) is 4.79 Å². The summed E-state index contributed by atoms with van der Waals surface area (Å²) in [6.45, 7) is 3.01. The third-order valence-electron chi connectivity index (χ3n) is 2.95. The number of carbonyl (C=O) groups excluding carboxylic acids is 1. The van der Waals surface area contributed by atoms with Crippen molar-refractivity contribution in [3.8, 4) is 6.07 Å². The Morgan fingerprint density at radius 3 is 2.26 bits per heavy atom. The molecule has 4 nitrogen and oxygen atoms in total. The highest BCUT2D eigenvalue weighted by molar-refractivity contribution is 5.92. The van der Waals surface area contributed by atoms with Crippen molar-refractivity contribution in [2.45, 2.75) is 58.3 Å². The van der Waals surface area contributed by atoms with Crippen molar-refractivity contribution >= 4 is 5.97 Å². The number of methoxy groups -OCH3 is 1. The molecule has 0 saturated heterocycles. The first-order valence-corrected chi connectivity index (χ1v) is 7.18. The molecule has 0 aromatic rings. The fourth-order valence-electron chi connectivity index (χ4n) is 1.78. The van der Waals surface area contributed by atoms with Crippen LogP contribution in [0.25, 0.3) is 0 Å². The van der Waals surface area contributed by atoms with Crippen LogP contribution in [0.3, 0.4) is 0 Å². The SMILES string of the molecule is CCCCCCCCCCNC=C(C#N)C(=O)OC. The Balaban J connectivity index is 3.47. The number of nitrogens with one attached hydrogen (secondary N) is 1. The maximum atomic E-state index is 11.1. The second-order valence-electron chi connectivity index (χ2n) is 4.59. The van der Waals surface area contributed by atoms with E-state index in [1.807, 2.05) is 6.07 Å². The Kier molecular flexibility index (Phi) is 11.9. The predicted octanol–water partition coefficient (Wildman–Crippen LogP) is 3.30. The highest BCUT2D eigenvalue weighted by atomic mass is 16.5. The molecule has 19 heavy (non-hydrogen) atoms. The minimum atomic E-state index is -0.592. The summed E-state index contributed by atoms with van der Waals surface area (Å²) in [7, 11) is 1.27. The topological polar surface area (TPSA) is 62.1 Å². The quantitative estimate of drug-likeness (QED) is 0.270. The largest absolute Gasteiger partial charge is 0.465 e. The van der Waals surface area contributed by atoms with Gasteiger partial charge in [-0.1, -0.05) is 51.9 Å². The molecular weight excluding hydrogens is 240 g/mol. The zero-order valence-corrected chi connectivity index (χ0v) is 12.2. The van der Waals surface area contributed by atoms with Crippen LogP contribution < -0.4 is 5.32 Å². The highest BCUT2D eigenvalue weighted by Crippen LogP contribution is 2.07. The van der Waals surface area contributed by atoms with Crippen molar-refractivity contribution < 1.29 is 9.53 Å². The lowest BCUT2D eigenvalue weighted by molar-refractivity contribution is -0.135. The monoisotopic (exact) mass is 266 g/mol. The van der Waals surface area contributed by atoms with Crippen LogP contribution in [0.5, 0.6) is 0 Å². The number of ether oxygens (including phenoxy) is 1. The van der Waals surface area contributed by atoms with Crippen LogP contribution in [-0.4, -0.2) is 19.6 Å². The van der Waals surface area contributed by atoms with E-state index in [9.17, 15) is 4.79 Å². The van der Waals surface area contributed by atoms with Gasteiger partial charge in [0.05, 0.1) is 7.11 Å². The summed E-state index contributed by atoms with van der Waals surface area (Å²) >= 11 is 0. The molecule has 1 N–H and O–H groups in total. The lowest BCUT2D eigenvalue weighted by atomic mass is 10.1. The van der Waals surface area contributed by atoms with Gasteiger partial charge in [-0.3, -0.25) is 0 Å². The molecule has 0 radical (unpaired) electrons. The summed E-state index contributed by atoms with van der Waals surface area (Å²) in [4.78, 5) is 11.1. The number of carbonyl (C=O) groups is 1. The lowest BCUT2D eigenvalue weighted by Crippen LogP contribution is -2.12. The summed E-state index contributed by atoms with van der Waals surface area (Å²) in [5.74, 6) is -0.592. The minimum absolute atomic E-state index is 0.0158. The first-order chi connectivity index (χ1) is 9.26. The molecule has 0 aromatic carbocycles. The normalized spacial score (nSPS) is 10.9. The zero-order valence-electron chi connectivity index (χ0n) is 12.2. The van der Waals surface area contributed by atoms with Crippen molar-refractivity contribution in [1.29, 1.82) is 5.26 Å². The van der Waals surface area contributed by atoms with E-state index >= 15 is 0 Å². The smallest absolute Gasteiger partial charge is 0.350 e. The van der Waals surface area contributed by atoms with Gasteiger partial charge in [0.2, 0.25) is 0 Å². The van der Waals surface area contributed by atoms with E-state index < -0.39 is 5.97 Å². The Morgan fingerprint density at radius 2 is 1.74 bits per heavy atom. The van der Waals surface area contributed by atoms with E-state index in [1.165, 1.54) is 58.3 Å². The van der Waals surface area contributed by atoms with Gasteiger partial charge in [0.1, 0.15) is 6.07 Å². The number of hydrogen-bond acceptors (Lipinski definition) is 4. The summed E-state index contributed by atoms with van der Waals surface area (Å²) in [5.41, 5.74) is 0.0158. The average molecular weight is 266 g/mol. The second-order valence-corrected chi connectivity index (χ2v) is 4.59. The van der Waals surface area contributed by atoms with E-state index in [-0.39, 0.29) is 5.57 Å². The van der Waals surface area contributed by atoms with E-state index in [1.54, 1.807) is 0 Å². The fraction of sp³-hybridized carbons (Fsp3) is 0.733. The second kappa shape index (κ2) is 12.9. The summed E-state index contributed by atoms with van der Waals surface area (Å²) < 4.78 is 4.48. The molecule has 0 aliphatic heterocycles. The van der Waals surface area contributed by atoms with Gasteiger partial charge in [0, 0.05) is 12.7 Å². The molecule has 0 unspecified atom stereocenters. The summed E-state index contributed by atoms with van der Waals surface area (Å²) in [6.07, 6.45) is 11.6. The predicted molar refractivity (Wildman–Crippen MR) is 76.3 cm³/mol. The molecule has 0 rings (SSSR count). The van der Waals surface area contributed by atoms with Gasteiger partial charge in [0.15, 0.2) is 5.57 Å². The average Bonchev–Trinajstić information content (AvgIpc) is 2.44. The number of unbranched alkanes of at least 4 members (excludes halogenated alkanes) is 7. The Bertz CT molecular complexity index is 306. The molecule has 0 amide bonds. The van der Waals surface area contributed by atoms with Crippen molar-refractivity contribution in [3.63, 3.8) is 0 Å². The van der Waals surface area contributed by atoms with Gasteiger partial charge < -0.3 is 10.1 Å². The fourth-order valence-corrected chi connectivity index (χ4v) is 1.78. The summed E-state index contributed by atoms with van der Waals surface area (Å²) in [6, 6.07) is 1.81. The zero-order chi connectivity index (χ0) is 14.3. The Hall–Kier alpha value is -1.50. The molecule has 108 valence electrons. The van der Waals surface area contributed by atoms with Crippen molar-refractivity contribution in [2.24, 2.45) is 0 Å². The molecule has 0 spiro atoms. The molecule has 0 aliphatic rings. The molecule has 0 bridgehead atoms. The number of nitriles is 1. The van der Waals surface area contributed by atoms with Gasteiger partial charge in [-0.2, -0.15) is 5.26 Å². The number of hydrogen-bond donors (Lipinski definition) is 1. The lowest BCUT2D eigenvalue weighted by Gasteiger charge is -2.03. The first kappa shape index (κ1) is 17.5. The van der Waals surface area contributed by atoms with Crippen LogP contribution in [0.1, 0.15) is 58.3 Å². The molecule has 0 atom stereocenters. The third kappa shape index (κ3) is 10.1. The highest BCUT2D eigenvalue weighted by Gasteiger charge is 2.06. The molecule has 4 heteroatoms. The number of rotatable bonds is 11. The molecule has 0 fully saturated rings. The van der Waals surface area contributed by atoms with Crippen LogP contribution in [0.4, 0.5) is 0 Å². The molecular formula is C15H26N2O2. The Labute approximate surface area is 116 Å². The van der Waals surface area contributed by atoms with Gasteiger partial charge in [0.25, 0.3) is 0 Å². The third-order valence-corrected chi connectivity index (χ3v) is 2.95. The molecule has 0 aliphatic carbocycles. The van der Waals surface area contributed by atoms with E-state index in [4.69, 9.17) is 5.26 Å². The Morgan fingerprint density at radius 1 is 1.16 bits per heavy atom. The molecule has 0 aromatic heterocycles. The number of esters is 1. The van der Waals surface area contributed by atoms with E-state index in [0.29, 0.717) is 0 Å². The van der Waals surface area contributed by atoms with Crippen LogP contribution in [0.2, 0.25) is 0 Å². The standard InChI is InChI=1S/C15H26N2O2/c1-3-4-5-6-7-8-9-10-11-17-13-14(12-16)15(18)19-2/h13,17H,3-11H2,1-2H3. The van der Waals surface area contributed by atoms with Gasteiger partial charge in [-0.05, 0) is 6.42 Å². The maximum Gasteiger partial charge on any atom is 0.350 e. The van der Waals surface area contributed by atoms with Crippen LogP contribution in [-0.2, 0) is 9.53 Å². The first-order valence-electron chi connectivity index (χ1n) is 7.18. The molecule has 0 saturated carbocycles. The summed E-state index contributed by atoms with van der Waals surface area (Å²) in [5, 5.41) is 11.7. The van der Waals surface area contributed by atoms with Gasteiger partial charge >= 0.3 is 5.97 Å². The van der Waals surface area contributed by atoms with E-state index in [2.05, 4.69) is 17.0 Å².